The quantitative estimate of drug-likeness (QED) is 0.292. The van der Waals surface area contributed by atoms with Crippen LogP contribution in [0.2, 0.25) is 0 Å². The van der Waals surface area contributed by atoms with Crippen LogP contribution in [-0.4, -0.2) is 24.2 Å². The van der Waals surface area contributed by atoms with Gasteiger partial charge in [-0.15, -0.1) is 0 Å². The lowest BCUT2D eigenvalue weighted by Crippen LogP contribution is -2.08. The van der Waals surface area contributed by atoms with Gasteiger partial charge in [0.15, 0.2) is 0 Å². The molecule has 3 nitrogen and oxygen atoms in total. The van der Waals surface area contributed by atoms with Gasteiger partial charge in [0.05, 0.1) is 0 Å². The van der Waals surface area contributed by atoms with Crippen molar-refractivity contribution < 1.29 is 4.79 Å². The van der Waals surface area contributed by atoms with E-state index in [4.69, 9.17) is 0 Å². The van der Waals surface area contributed by atoms with Gasteiger partial charge in [0.25, 0.3) is 0 Å². The first-order valence-corrected chi connectivity index (χ1v) is 2.36. The summed E-state index contributed by atoms with van der Waals surface area (Å²) in [7, 11) is 1.60. The average molecular weight is 114 g/mol. The van der Waals surface area contributed by atoms with Crippen LogP contribution in [0.15, 0.2) is 5.10 Å². The summed E-state index contributed by atoms with van der Waals surface area (Å²) in [6.07, 6.45) is 0.660. The van der Waals surface area contributed by atoms with Crippen molar-refractivity contribution >= 4 is 12.1 Å². The molecule has 8 heavy (non-hydrogen) atoms. The largest absolute Gasteiger partial charge is 0.277 e. The number of carbonyl (C=O) groups is 1. The van der Waals surface area contributed by atoms with Crippen molar-refractivity contribution in [2.24, 2.45) is 5.10 Å². The Morgan fingerprint density at radius 2 is 2.12 bits per heavy atom. The summed E-state index contributed by atoms with van der Waals surface area (Å²) in [5.41, 5.74) is 0.875. The fraction of sp³-hybridized carbons (Fsp3) is 0.600. The normalized spacial score (nSPS) is 7.88. The molecule has 0 bridgehead atoms. The Morgan fingerprint density at radius 1 is 1.62 bits per heavy atom. The first-order valence-electron chi connectivity index (χ1n) is 2.36. The number of carbonyl (C=O) groups excluding carboxylic acids is 1. The molecule has 0 unspecified atom stereocenters. The summed E-state index contributed by atoms with van der Waals surface area (Å²) < 4.78 is 0. The summed E-state index contributed by atoms with van der Waals surface area (Å²) in [4.78, 5) is 9.86. The lowest BCUT2D eigenvalue weighted by molar-refractivity contribution is -0.117. The second kappa shape index (κ2) is 3.18. The number of rotatable bonds is 2. The van der Waals surface area contributed by atoms with Gasteiger partial charge in [0.2, 0.25) is 6.41 Å². The van der Waals surface area contributed by atoms with E-state index in [-0.39, 0.29) is 0 Å². The zero-order valence-electron chi connectivity index (χ0n) is 5.38. The Balaban J connectivity index is 3.68. The Hall–Kier alpha value is -0.860. The molecule has 0 heterocycles. The van der Waals surface area contributed by atoms with Crippen LogP contribution in [0, 0.1) is 0 Å². The van der Waals surface area contributed by atoms with Crippen LogP contribution in [-0.2, 0) is 4.79 Å². The van der Waals surface area contributed by atoms with Crippen molar-refractivity contribution in [1.29, 1.82) is 0 Å². The van der Waals surface area contributed by atoms with E-state index in [0.717, 1.165) is 5.71 Å². The highest BCUT2D eigenvalue weighted by molar-refractivity contribution is 5.79. The minimum atomic E-state index is 0.660. The van der Waals surface area contributed by atoms with E-state index in [9.17, 15) is 4.79 Å². The second-order valence-corrected chi connectivity index (χ2v) is 1.73. The molecule has 0 spiro atoms. The summed E-state index contributed by atoms with van der Waals surface area (Å²) in [6, 6.07) is 0. The standard InChI is InChI=1S/C5H10N2O/c1-5(2)6-7(3)4-8/h4H,1-3H3. The van der Waals surface area contributed by atoms with Crippen molar-refractivity contribution in [2.75, 3.05) is 7.05 Å². The van der Waals surface area contributed by atoms with Gasteiger partial charge in [-0.2, -0.15) is 5.10 Å². The van der Waals surface area contributed by atoms with Crippen LogP contribution >= 0.6 is 0 Å². The summed E-state index contributed by atoms with van der Waals surface area (Å²) in [5, 5.41) is 5.01. The van der Waals surface area contributed by atoms with Crippen LogP contribution in [0.25, 0.3) is 0 Å². The molecule has 0 radical (unpaired) electrons. The van der Waals surface area contributed by atoms with Gasteiger partial charge < -0.3 is 0 Å². The minimum absolute atomic E-state index is 0.660. The van der Waals surface area contributed by atoms with E-state index >= 15 is 0 Å². The van der Waals surface area contributed by atoms with E-state index in [1.54, 1.807) is 7.05 Å². The fourth-order valence-corrected chi connectivity index (χ4v) is 0.339. The second-order valence-electron chi connectivity index (χ2n) is 1.73. The van der Waals surface area contributed by atoms with Crippen molar-refractivity contribution in [2.45, 2.75) is 13.8 Å². The van der Waals surface area contributed by atoms with Gasteiger partial charge in [-0.1, -0.05) is 0 Å². The van der Waals surface area contributed by atoms with Crippen LogP contribution < -0.4 is 0 Å². The molecule has 0 saturated carbocycles. The molecule has 0 aromatic carbocycles. The maximum atomic E-state index is 9.86. The van der Waals surface area contributed by atoms with E-state index in [0.29, 0.717) is 6.41 Å². The molecule has 0 atom stereocenters. The minimum Gasteiger partial charge on any atom is -0.277 e. The van der Waals surface area contributed by atoms with Crippen LogP contribution in [0.3, 0.4) is 0 Å². The van der Waals surface area contributed by atoms with E-state index in [2.05, 4.69) is 5.10 Å². The van der Waals surface area contributed by atoms with E-state index in [1.807, 2.05) is 13.8 Å². The topological polar surface area (TPSA) is 32.7 Å². The first kappa shape index (κ1) is 7.14. The molecule has 0 aliphatic heterocycles. The molecule has 0 aliphatic rings. The number of amides is 1. The van der Waals surface area contributed by atoms with Gasteiger partial charge in [-0.3, -0.25) is 4.79 Å². The molecule has 0 N–H and O–H groups in total. The van der Waals surface area contributed by atoms with Crippen molar-refractivity contribution in [1.82, 2.24) is 5.01 Å². The maximum absolute atomic E-state index is 9.86. The Morgan fingerprint density at radius 3 is 2.25 bits per heavy atom. The molecule has 46 valence electrons. The van der Waals surface area contributed by atoms with E-state index in [1.165, 1.54) is 5.01 Å². The SMILES string of the molecule is CC(C)=NN(C)C=O. The number of hydrazone groups is 1. The molecule has 3 heteroatoms. The zero-order chi connectivity index (χ0) is 6.57. The molecule has 0 aromatic rings. The van der Waals surface area contributed by atoms with E-state index < -0.39 is 0 Å². The molecule has 0 aliphatic carbocycles. The van der Waals surface area contributed by atoms with Gasteiger partial charge in [0.1, 0.15) is 0 Å². The predicted molar refractivity (Wildman–Crippen MR) is 32.6 cm³/mol. The van der Waals surface area contributed by atoms with Crippen LogP contribution in [0.5, 0.6) is 0 Å². The third-order valence-corrected chi connectivity index (χ3v) is 0.510. The van der Waals surface area contributed by atoms with Gasteiger partial charge >= 0.3 is 0 Å². The Labute approximate surface area is 49.0 Å². The molecule has 0 fully saturated rings. The molecule has 1 amide bonds. The monoisotopic (exact) mass is 114 g/mol. The van der Waals surface area contributed by atoms with Crippen molar-refractivity contribution in [3.05, 3.63) is 0 Å². The molecule has 0 saturated heterocycles. The van der Waals surface area contributed by atoms with Crippen molar-refractivity contribution in [3.8, 4) is 0 Å². The summed E-state index contributed by atoms with van der Waals surface area (Å²) in [5.74, 6) is 0. The molecular weight excluding hydrogens is 104 g/mol. The first-order chi connectivity index (χ1) is 3.66. The molecular formula is C5H10N2O. The Bertz CT molecular complexity index is 105. The third-order valence-electron chi connectivity index (χ3n) is 0.510. The zero-order valence-corrected chi connectivity index (χ0v) is 5.38. The van der Waals surface area contributed by atoms with Crippen molar-refractivity contribution in [3.63, 3.8) is 0 Å². The molecule has 0 aromatic heterocycles. The molecule has 0 rings (SSSR count). The van der Waals surface area contributed by atoms with Crippen LogP contribution in [0.4, 0.5) is 0 Å². The summed E-state index contributed by atoms with van der Waals surface area (Å²) in [6.45, 7) is 3.67. The highest BCUT2D eigenvalue weighted by Crippen LogP contribution is 1.77. The maximum Gasteiger partial charge on any atom is 0.229 e. The number of nitrogens with zero attached hydrogens (tertiary/aromatic N) is 2. The smallest absolute Gasteiger partial charge is 0.229 e. The highest BCUT2D eigenvalue weighted by atomic mass is 16.1. The lowest BCUT2D eigenvalue weighted by atomic mass is 10.5. The third kappa shape index (κ3) is 3.33. The van der Waals surface area contributed by atoms with Gasteiger partial charge in [-0.25, -0.2) is 5.01 Å². The Kier molecular flexibility index (Phi) is 2.84. The van der Waals surface area contributed by atoms with Gasteiger partial charge in [0, 0.05) is 12.8 Å². The highest BCUT2D eigenvalue weighted by Gasteiger charge is 1.83. The fourth-order valence-electron chi connectivity index (χ4n) is 0.339. The number of hydrogen-bond donors (Lipinski definition) is 0. The summed E-state index contributed by atoms with van der Waals surface area (Å²) >= 11 is 0. The lowest BCUT2D eigenvalue weighted by Gasteiger charge is -2.00. The predicted octanol–water partition coefficient (Wildman–Crippen LogP) is 0.470. The van der Waals surface area contributed by atoms with Gasteiger partial charge in [-0.05, 0) is 13.8 Å². The average Bonchev–Trinajstić information content (AvgIpc) is 1.65. The number of hydrogen-bond acceptors (Lipinski definition) is 2. The van der Waals surface area contributed by atoms with Crippen LogP contribution in [0.1, 0.15) is 13.8 Å².